The average Bonchev–Trinajstić information content (AvgIpc) is 3.05. The van der Waals surface area contributed by atoms with Gasteiger partial charge in [0.1, 0.15) is 0 Å². The predicted octanol–water partition coefficient (Wildman–Crippen LogP) is 2.47. The number of aryl methyl sites for hydroxylation is 1. The van der Waals surface area contributed by atoms with E-state index in [0.29, 0.717) is 13.1 Å². The highest BCUT2D eigenvalue weighted by atomic mass is 127. The molecule has 0 aliphatic heterocycles. The minimum atomic E-state index is -3.11. The normalized spacial score (nSPS) is 12.2. The molecule has 0 radical (unpaired) electrons. The highest BCUT2D eigenvalue weighted by Crippen LogP contribution is 2.19. The standard InChI is InChI=1S/C19H31N5O2S.HI/c1-5-27(25,26)24(4)12-6-10-21-19(20-3)22-11-9-16-14-23-18-13-15(2)7-8-17(16)18;/h7-8,13-14,23H,5-6,9-12H2,1-4H3,(H2,20,21,22);1H. The number of halogens is 1. The van der Waals surface area contributed by atoms with Crippen LogP contribution in [-0.2, 0) is 16.4 Å². The summed E-state index contributed by atoms with van der Waals surface area (Å²) in [5.41, 5.74) is 3.69. The summed E-state index contributed by atoms with van der Waals surface area (Å²) in [6.45, 7) is 5.67. The van der Waals surface area contributed by atoms with E-state index in [1.807, 2.05) is 0 Å². The molecule has 1 aromatic heterocycles. The number of aromatic amines is 1. The number of aliphatic imine (C=N–C) groups is 1. The molecule has 0 saturated carbocycles. The van der Waals surface area contributed by atoms with Crippen LogP contribution in [0.3, 0.4) is 0 Å². The lowest BCUT2D eigenvalue weighted by Crippen LogP contribution is -2.39. The molecule has 0 aliphatic carbocycles. The molecule has 3 N–H and O–H groups in total. The van der Waals surface area contributed by atoms with Crippen LogP contribution in [-0.4, -0.2) is 63.1 Å². The zero-order chi connectivity index (χ0) is 19.9. The van der Waals surface area contributed by atoms with Crippen molar-refractivity contribution in [1.29, 1.82) is 0 Å². The zero-order valence-electron chi connectivity index (χ0n) is 17.1. The lowest BCUT2D eigenvalue weighted by atomic mass is 10.1. The molecule has 2 aromatic rings. The third kappa shape index (κ3) is 6.93. The fourth-order valence-electron chi connectivity index (χ4n) is 2.91. The molecule has 7 nitrogen and oxygen atoms in total. The predicted molar refractivity (Wildman–Crippen MR) is 128 cm³/mol. The molecule has 0 unspecified atom stereocenters. The molecular weight excluding hydrogens is 489 g/mol. The van der Waals surface area contributed by atoms with Crippen LogP contribution in [0.15, 0.2) is 29.4 Å². The van der Waals surface area contributed by atoms with Gasteiger partial charge in [-0.05, 0) is 43.9 Å². The first kappa shape index (κ1) is 24.7. The van der Waals surface area contributed by atoms with Crippen molar-refractivity contribution in [2.24, 2.45) is 4.99 Å². The molecule has 1 aromatic carbocycles. The molecule has 0 atom stereocenters. The highest BCUT2D eigenvalue weighted by molar-refractivity contribution is 14.0. The second-order valence-electron chi connectivity index (χ2n) is 6.61. The Kier molecular flexibility index (Phi) is 10.3. The Hall–Kier alpha value is -1.33. The molecule has 0 spiro atoms. The van der Waals surface area contributed by atoms with Gasteiger partial charge >= 0.3 is 0 Å². The van der Waals surface area contributed by atoms with E-state index in [4.69, 9.17) is 0 Å². The number of rotatable bonds is 9. The van der Waals surface area contributed by atoms with Gasteiger partial charge in [0.25, 0.3) is 0 Å². The maximum Gasteiger partial charge on any atom is 0.213 e. The summed E-state index contributed by atoms with van der Waals surface area (Å²) in [6, 6.07) is 6.44. The number of fused-ring (bicyclic) bond motifs is 1. The summed E-state index contributed by atoms with van der Waals surface area (Å²) < 4.78 is 24.8. The summed E-state index contributed by atoms with van der Waals surface area (Å²) in [5.74, 6) is 0.861. The largest absolute Gasteiger partial charge is 0.361 e. The summed E-state index contributed by atoms with van der Waals surface area (Å²) in [7, 11) is 0.245. The molecule has 0 aliphatic rings. The monoisotopic (exact) mass is 521 g/mol. The van der Waals surface area contributed by atoms with Crippen LogP contribution in [0, 0.1) is 6.92 Å². The Balaban J connectivity index is 0.00000392. The topological polar surface area (TPSA) is 89.6 Å². The quantitative estimate of drug-likeness (QED) is 0.205. The number of guanidine groups is 1. The van der Waals surface area contributed by atoms with Crippen LogP contribution in [0.5, 0.6) is 0 Å². The van der Waals surface area contributed by atoms with Crippen molar-refractivity contribution in [1.82, 2.24) is 19.9 Å². The molecule has 0 amide bonds. The minimum absolute atomic E-state index is 0. The summed E-state index contributed by atoms with van der Waals surface area (Å²) >= 11 is 0. The smallest absolute Gasteiger partial charge is 0.213 e. The fraction of sp³-hybridized carbons (Fsp3) is 0.526. The number of hydrogen-bond acceptors (Lipinski definition) is 3. The van der Waals surface area contributed by atoms with Crippen molar-refractivity contribution in [3.63, 3.8) is 0 Å². The van der Waals surface area contributed by atoms with Crippen molar-refractivity contribution >= 4 is 50.9 Å². The van der Waals surface area contributed by atoms with Gasteiger partial charge in [-0.15, -0.1) is 24.0 Å². The van der Waals surface area contributed by atoms with Crippen LogP contribution in [0.4, 0.5) is 0 Å². The van der Waals surface area contributed by atoms with Gasteiger partial charge in [0.05, 0.1) is 5.75 Å². The Morgan fingerprint density at radius 3 is 2.64 bits per heavy atom. The van der Waals surface area contributed by atoms with E-state index in [1.54, 1.807) is 21.0 Å². The van der Waals surface area contributed by atoms with Gasteiger partial charge in [-0.3, -0.25) is 4.99 Å². The number of hydrogen-bond donors (Lipinski definition) is 3. The summed E-state index contributed by atoms with van der Waals surface area (Å²) in [6.07, 6.45) is 3.67. The van der Waals surface area contributed by atoms with Crippen molar-refractivity contribution in [3.8, 4) is 0 Å². The zero-order valence-corrected chi connectivity index (χ0v) is 20.2. The van der Waals surface area contributed by atoms with Gasteiger partial charge in [-0.25, -0.2) is 12.7 Å². The van der Waals surface area contributed by atoms with E-state index in [0.717, 1.165) is 25.3 Å². The van der Waals surface area contributed by atoms with Gasteiger partial charge < -0.3 is 15.6 Å². The highest BCUT2D eigenvalue weighted by Gasteiger charge is 2.13. The fourth-order valence-corrected chi connectivity index (χ4v) is 3.76. The van der Waals surface area contributed by atoms with Crippen LogP contribution in [0.1, 0.15) is 24.5 Å². The second kappa shape index (κ2) is 11.6. The maximum atomic E-state index is 11.7. The van der Waals surface area contributed by atoms with Gasteiger partial charge in [0.2, 0.25) is 10.0 Å². The van der Waals surface area contributed by atoms with E-state index >= 15 is 0 Å². The summed E-state index contributed by atoms with van der Waals surface area (Å²) in [4.78, 5) is 7.54. The van der Waals surface area contributed by atoms with Crippen LogP contribution in [0.2, 0.25) is 0 Å². The third-order valence-corrected chi connectivity index (χ3v) is 6.48. The van der Waals surface area contributed by atoms with E-state index < -0.39 is 10.0 Å². The number of benzene rings is 1. The second-order valence-corrected chi connectivity index (χ2v) is 8.98. The lowest BCUT2D eigenvalue weighted by molar-refractivity contribution is 0.461. The number of aromatic nitrogens is 1. The van der Waals surface area contributed by atoms with Gasteiger partial charge in [0, 0.05) is 50.8 Å². The van der Waals surface area contributed by atoms with Crippen LogP contribution in [0.25, 0.3) is 10.9 Å². The van der Waals surface area contributed by atoms with E-state index in [1.165, 1.54) is 26.3 Å². The Labute approximate surface area is 185 Å². The van der Waals surface area contributed by atoms with E-state index in [-0.39, 0.29) is 29.7 Å². The van der Waals surface area contributed by atoms with Crippen molar-refractivity contribution < 1.29 is 8.42 Å². The minimum Gasteiger partial charge on any atom is -0.361 e. The molecule has 0 saturated heterocycles. The van der Waals surface area contributed by atoms with Gasteiger partial charge in [0.15, 0.2) is 5.96 Å². The first-order valence-corrected chi connectivity index (χ1v) is 10.9. The molecule has 158 valence electrons. The van der Waals surface area contributed by atoms with Crippen LogP contribution < -0.4 is 10.6 Å². The first-order chi connectivity index (χ1) is 12.9. The van der Waals surface area contributed by atoms with Gasteiger partial charge in [-0.2, -0.15) is 0 Å². The molecule has 28 heavy (non-hydrogen) atoms. The number of nitrogens with one attached hydrogen (secondary N) is 3. The molecule has 0 bridgehead atoms. The molecule has 2 rings (SSSR count). The first-order valence-electron chi connectivity index (χ1n) is 9.32. The van der Waals surface area contributed by atoms with Crippen molar-refractivity contribution in [2.45, 2.75) is 26.7 Å². The molecule has 9 heteroatoms. The van der Waals surface area contributed by atoms with Crippen molar-refractivity contribution in [2.75, 3.05) is 39.5 Å². The molecule has 1 heterocycles. The van der Waals surface area contributed by atoms with Crippen molar-refractivity contribution in [3.05, 3.63) is 35.5 Å². The Bertz CT molecular complexity index is 880. The number of sulfonamides is 1. The molecule has 0 fully saturated rings. The Morgan fingerprint density at radius 1 is 1.25 bits per heavy atom. The Morgan fingerprint density at radius 2 is 1.96 bits per heavy atom. The maximum absolute atomic E-state index is 11.7. The number of nitrogens with zero attached hydrogens (tertiary/aromatic N) is 2. The van der Waals surface area contributed by atoms with E-state index in [9.17, 15) is 8.42 Å². The van der Waals surface area contributed by atoms with E-state index in [2.05, 4.69) is 51.9 Å². The average molecular weight is 521 g/mol. The summed E-state index contributed by atoms with van der Waals surface area (Å²) in [5, 5.41) is 7.79. The SMILES string of the molecule is CCS(=O)(=O)N(C)CCCNC(=NC)NCCc1c[nH]c2cc(C)ccc12.I. The third-order valence-electron chi connectivity index (χ3n) is 4.62. The number of H-pyrrole nitrogens is 1. The lowest BCUT2D eigenvalue weighted by Gasteiger charge is -2.16. The molecular formula is C19H32IN5O2S. The van der Waals surface area contributed by atoms with Gasteiger partial charge in [-0.1, -0.05) is 12.1 Å². The van der Waals surface area contributed by atoms with Crippen LogP contribution >= 0.6 is 24.0 Å².